The summed E-state index contributed by atoms with van der Waals surface area (Å²) in [5.41, 5.74) is 1.90. The molecule has 0 saturated carbocycles. The third kappa shape index (κ3) is 8.70. The van der Waals surface area contributed by atoms with Crippen LogP contribution in [0.15, 0.2) is 73.1 Å². The summed E-state index contributed by atoms with van der Waals surface area (Å²) in [7, 11) is 3.31. The number of carboxylic acids is 1. The number of aromatic nitrogens is 4. The Morgan fingerprint density at radius 3 is 2.33 bits per heavy atom. The molecule has 3 aromatic carbocycles. The average Bonchev–Trinajstić information content (AvgIpc) is 3.56. The highest BCUT2D eigenvalue weighted by Gasteiger charge is 2.22. The van der Waals surface area contributed by atoms with Gasteiger partial charge in [0.2, 0.25) is 17.7 Å². The molecule has 1 atom stereocenters. The SMILES string of the molecule is CN(C)C(=O)CNc1ccc(CC(NC(=O)/C=C/c2c(-n3cnnn3)ccc(Cl)c2F)C(=O)Nc2ccc(C(=O)O)cc2)cc1. The maximum absolute atomic E-state index is 15.0. The number of hydrogen-bond acceptors (Lipinski definition) is 8. The summed E-state index contributed by atoms with van der Waals surface area (Å²) in [4.78, 5) is 50.9. The van der Waals surface area contributed by atoms with E-state index in [9.17, 15) is 23.6 Å². The number of anilines is 2. The summed E-state index contributed by atoms with van der Waals surface area (Å²) < 4.78 is 16.2. The molecule has 13 nitrogen and oxygen atoms in total. The van der Waals surface area contributed by atoms with Gasteiger partial charge in [-0.3, -0.25) is 14.4 Å². The van der Waals surface area contributed by atoms with Crippen molar-refractivity contribution in [2.24, 2.45) is 0 Å². The number of aromatic carboxylic acids is 1. The van der Waals surface area contributed by atoms with E-state index in [0.717, 1.165) is 6.08 Å². The lowest BCUT2D eigenvalue weighted by Crippen LogP contribution is -2.44. The summed E-state index contributed by atoms with van der Waals surface area (Å²) >= 11 is 5.96. The Kier molecular flexibility index (Phi) is 10.5. The fourth-order valence-corrected chi connectivity index (χ4v) is 4.19. The standard InChI is InChI=1S/C30H28ClFN8O5/c1-39(2)27(42)16-33-20-7-3-18(4-8-20)15-24(29(43)35-21-9-5-19(6-10-21)30(44)45)36-26(41)14-11-22-25(40-17-34-37-38-40)13-12-23(31)28(22)32/h3-14,17,24,33H,15-16H2,1-2H3,(H,35,43)(H,36,41)(H,44,45)/b14-11+. The van der Waals surface area contributed by atoms with Gasteiger partial charge >= 0.3 is 5.97 Å². The van der Waals surface area contributed by atoms with Gasteiger partial charge in [-0.1, -0.05) is 23.7 Å². The topological polar surface area (TPSA) is 171 Å². The Hall–Kier alpha value is -5.63. The zero-order valence-corrected chi connectivity index (χ0v) is 24.8. The van der Waals surface area contributed by atoms with E-state index in [2.05, 4.69) is 31.5 Å². The van der Waals surface area contributed by atoms with Crippen molar-refractivity contribution in [1.82, 2.24) is 30.4 Å². The Morgan fingerprint density at radius 1 is 1.02 bits per heavy atom. The minimum absolute atomic E-state index is 0.0401. The first-order chi connectivity index (χ1) is 21.5. The first kappa shape index (κ1) is 32.3. The predicted molar refractivity (Wildman–Crippen MR) is 164 cm³/mol. The highest BCUT2D eigenvalue weighted by molar-refractivity contribution is 6.31. The van der Waals surface area contributed by atoms with Crippen LogP contribution in [0.1, 0.15) is 21.5 Å². The molecular weight excluding hydrogens is 607 g/mol. The molecule has 3 amide bonds. The van der Waals surface area contributed by atoms with Crippen LogP contribution in [-0.4, -0.2) is 80.6 Å². The molecule has 0 spiro atoms. The van der Waals surface area contributed by atoms with Crippen LogP contribution >= 0.6 is 11.6 Å². The number of carbonyl (C=O) groups excluding carboxylic acids is 3. The van der Waals surface area contributed by atoms with Crippen molar-refractivity contribution in [1.29, 1.82) is 0 Å². The number of tetrazole rings is 1. The van der Waals surface area contributed by atoms with Gasteiger partial charge in [0.25, 0.3) is 0 Å². The molecule has 4 N–H and O–H groups in total. The zero-order valence-electron chi connectivity index (χ0n) is 24.1. The number of carboxylic acid groups (broad SMARTS) is 1. The largest absolute Gasteiger partial charge is 0.478 e. The van der Waals surface area contributed by atoms with Gasteiger partial charge in [-0.2, -0.15) is 4.68 Å². The smallest absolute Gasteiger partial charge is 0.335 e. The number of carbonyl (C=O) groups is 4. The van der Waals surface area contributed by atoms with E-state index in [4.69, 9.17) is 16.7 Å². The molecule has 4 aromatic rings. The second-order valence-electron chi connectivity index (χ2n) is 9.86. The molecule has 0 bridgehead atoms. The van der Waals surface area contributed by atoms with Gasteiger partial charge in [0.05, 0.1) is 22.8 Å². The minimum Gasteiger partial charge on any atom is -0.478 e. The Labute approximate surface area is 261 Å². The van der Waals surface area contributed by atoms with Gasteiger partial charge in [-0.05, 0) is 70.6 Å². The monoisotopic (exact) mass is 634 g/mol. The molecule has 0 aliphatic carbocycles. The molecule has 0 fully saturated rings. The third-order valence-corrected chi connectivity index (χ3v) is 6.77. The van der Waals surface area contributed by atoms with Crippen molar-refractivity contribution in [2.45, 2.75) is 12.5 Å². The van der Waals surface area contributed by atoms with Crippen LogP contribution in [0.5, 0.6) is 0 Å². The van der Waals surface area contributed by atoms with E-state index in [0.29, 0.717) is 16.9 Å². The molecule has 1 heterocycles. The molecule has 232 valence electrons. The zero-order chi connectivity index (χ0) is 32.5. The van der Waals surface area contributed by atoms with Crippen molar-refractivity contribution in [2.75, 3.05) is 31.3 Å². The van der Waals surface area contributed by atoms with Crippen LogP contribution in [0, 0.1) is 5.82 Å². The summed E-state index contributed by atoms with van der Waals surface area (Å²) in [6.45, 7) is 0.1000. The quantitative estimate of drug-likeness (QED) is 0.171. The van der Waals surface area contributed by atoms with Gasteiger partial charge in [0, 0.05) is 43.5 Å². The second kappa shape index (κ2) is 14.7. The minimum atomic E-state index is -1.12. The Bertz CT molecular complexity index is 1710. The van der Waals surface area contributed by atoms with E-state index in [-0.39, 0.29) is 40.7 Å². The number of nitrogens with one attached hydrogen (secondary N) is 3. The van der Waals surface area contributed by atoms with Crippen LogP contribution in [0.25, 0.3) is 11.8 Å². The third-order valence-electron chi connectivity index (χ3n) is 6.48. The van der Waals surface area contributed by atoms with Gasteiger partial charge < -0.3 is 26.0 Å². The van der Waals surface area contributed by atoms with Crippen LogP contribution in [0.4, 0.5) is 15.8 Å². The molecule has 0 aliphatic rings. The van der Waals surface area contributed by atoms with Gasteiger partial charge in [0.1, 0.15) is 12.4 Å². The molecule has 15 heteroatoms. The molecule has 45 heavy (non-hydrogen) atoms. The normalized spacial score (nSPS) is 11.6. The lowest BCUT2D eigenvalue weighted by molar-refractivity contribution is -0.126. The van der Waals surface area contributed by atoms with Crippen molar-refractivity contribution >= 4 is 52.7 Å². The Morgan fingerprint density at radius 2 is 1.71 bits per heavy atom. The maximum Gasteiger partial charge on any atom is 0.335 e. The molecular formula is C30H28ClFN8O5. The second-order valence-corrected chi connectivity index (χ2v) is 10.3. The van der Waals surface area contributed by atoms with Crippen LogP contribution in [-0.2, 0) is 20.8 Å². The summed E-state index contributed by atoms with van der Waals surface area (Å²) in [5, 5.41) is 28.1. The van der Waals surface area contributed by atoms with E-state index in [1.807, 2.05) is 0 Å². The number of hydrogen-bond donors (Lipinski definition) is 4. The van der Waals surface area contributed by atoms with Crippen LogP contribution in [0.3, 0.4) is 0 Å². The number of rotatable bonds is 12. The molecule has 0 radical (unpaired) electrons. The number of nitrogens with zero attached hydrogens (tertiary/aromatic N) is 5. The highest BCUT2D eigenvalue weighted by atomic mass is 35.5. The van der Waals surface area contributed by atoms with Crippen LogP contribution in [0.2, 0.25) is 5.02 Å². The molecule has 1 unspecified atom stereocenters. The van der Waals surface area contributed by atoms with E-state index in [1.165, 1.54) is 58.4 Å². The van der Waals surface area contributed by atoms with Gasteiger partial charge in [-0.25, -0.2) is 9.18 Å². The highest BCUT2D eigenvalue weighted by Crippen LogP contribution is 2.25. The number of amides is 3. The van der Waals surface area contributed by atoms with Crippen LogP contribution < -0.4 is 16.0 Å². The Balaban J connectivity index is 1.53. The number of likely N-dealkylation sites (N-methyl/N-ethyl adjacent to an activating group) is 1. The van der Waals surface area contributed by atoms with Crippen molar-refractivity contribution in [3.8, 4) is 5.69 Å². The molecule has 0 saturated heterocycles. The fraction of sp³-hybridized carbons (Fsp3) is 0.167. The van der Waals surface area contributed by atoms with E-state index >= 15 is 0 Å². The molecule has 4 rings (SSSR count). The first-order valence-electron chi connectivity index (χ1n) is 13.4. The maximum atomic E-state index is 15.0. The molecule has 0 aliphatic heterocycles. The van der Waals surface area contributed by atoms with Gasteiger partial charge in [-0.15, -0.1) is 5.10 Å². The molecule has 1 aromatic heterocycles. The van der Waals surface area contributed by atoms with Crippen molar-refractivity contribution in [3.63, 3.8) is 0 Å². The predicted octanol–water partition coefficient (Wildman–Crippen LogP) is 3.03. The summed E-state index contributed by atoms with van der Waals surface area (Å²) in [6.07, 6.45) is 3.57. The summed E-state index contributed by atoms with van der Waals surface area (Å²) in [6, 6.07) is 14.2. The lowest BCUT2D eigenvalue weighted by atomic mass is 10.0. The summed E-state index contributed by atoms with van der Waals surface area (Å²) in [5.74, 6) is -3.31. The van der Waals surface area contributed by atoms with E-state index in [1.54, 1.807) is 38.4 Å². The number of halogens is 2. The van der Waals surface area contributed by atoms with Gasteiger partial charge in [0.15, 0.2) is 5.82 Å². The van der Waals surface area contributed by atoms with E-state index < -0.39 is 29.6 Å². The van der Waals surface area contributed by atoms with Crippen molar-refractivity contribution < 1.29 is 28.7 Å². The fourth-order valence-electron chi connectivity index (χ4n) is 4.03. The van der Waals surface area contributed by atoms with Crippen molar-refractivity contribution in [3.05, 3.63) is 101 Å². The average molecular weight is 635 g/mol. The first-order valence-corrected chi connectivity index (χ1v) is 13.8. The number of benzene rings is 3. The lowest BCUT2D eigenvalue weighted by Gasteiger charge is -2.18.